The summed E-state index contributed by atoms with van der Waals surface area (Å²) in [4.78, 5) is 7.06. The molecule has 0 saturated carbocycles. The van der Waals surface area contributed by atoms with Crippen LogP contribution in [0.2, 0.25) is 0 Å². The molecule has 3 N–H and O–H groups in total. The van der Waals surface area contributed by atoms with Gasteiger partial charge in [-0.05, 0) is 44.1 Å². The maximum absolute atomic E-state index is 6.21. The number of nitrogens with zero attached hydrogens (tertiary/aromatic N) is 2. The molecular formula is C20H26N4O2. The summed E-state index contributed by atoms with van der Waals surface area (Å²) in [5.41, 5.74) is 7.35. The SMILES string of the molecule is NC(=NCC(c1ccco1)N1CCCC1)NC1CCOc2ccccc21. The molecule has 2 aromatic rings. The molecule has 3 heterocycles. The number of furan rings is 1. The molecule has 0 amide bonds. The van der Waals surface area contributed by atoms with Crippen LogP contribution in [0.1, 0.15) is 42.7 Å². The standard InChI is InChI=1S/C20H26N4O2/c21-20(23-16-9-13-26-18-7-2-1-6-15(16)18)22-14-17(19-8-5-12-25-19)24-10-3-4-11-24/h1-2,5-8,12,16-17H,3-4,9-11,13-14H2,(H3,21,22,23). The summed E-state index contributed by atoms with van der Waals surface area (Å²) < 4.78 is 11.4. The summed E-state index contributed by atoms with van der Waals surface area (Å²) in [7, 11) is 0. The third-order valence-electron chi connectivity index (χ3n) is 5.17. The van der Waals surface area contributed by atoms with Crippen molar-refractivity contribution in [3.63, 3.8) is 0 Å². The van der Waals surface area contributed by atoms with E-state index in [0.717, 1.165) is 36.6 Å². The smallest absolute Gasteiger partial charge is 0.189 e. The Morgan fingerprint density at radius 1 is 1.23 bits per heavy atom. The lowest BCUT2D eigenvalue weighted by Crippen LogP contribution is -2.38. The number of likely N-dealkylation sites (tertiary alicyclic amines) is 1. The average Bonchev–Trinajstić information content (AvgIpc) is 3.37. The van der Waals surface area contributed by atoms with Crippen LogP contribution in [-0.4, -0.2) is 37.1 Å². The zero-order valence-corrected chi connectivity index (χ0v) is 14.9. The molecule has 0 bridgehead atoms. The lowest BCUT2D eigenvalue weighted by Gasteiger charge is -2.27. The van der Waals surface area contributed by atoms with Gasteiger partial charge in [0, 0.05) is 12.0 Å². The summed E-state index contributed by atoms with van der Waals surface area (Å²) in [5.74, 6) is 2.36. The van der Waals surface area contributed by atoms with Gasteiger partial charge in [-0.25, -0.2) is 0 Å². The van der Waals surface area contributed by atoms with E-state index < -0.39 is 0 Å². The molecule has 2 atom stereocenters. The highest BCUT2D eigenvalue weighted by molar-refractivity contribution is 5.78. The fourth-order valence-electron chi connectivity index (χ4n) is 3.82. The number of fused-ring (bicyclic) bond motifs is 1. The molecule has 0 spiro atoms. The summed E-state index contributed by atoms with van der Waals surface area (Å²) in [6.45, 7) is 3.45. The van der Waals surface area contributed by atoms with Crippen LogP contribution in [-0.2, 0) is 0 Å². The van der Waals surface area contributed by atoms with Crippen molar-refractivity contribution < 1.29 is 9.15 Å². The van der Waals surface area contributed by atoms with E-state index in [1.54, 1.807) is 6.26 Å². The molecule has 0 radical (unpaired) electrons. The quantitative estimate of drug-likeness (QED) is 0.638. The Hall–Kier alpha value is -2.47. The Bertz CT molecular complexity index is 738. The van der Waals surface area contributed by atoms with Crippen LogP contribution >= 0.6 is 0 Å². The van der Waals surface area contributed by atoms with Gasteiger partial charge in [-0.2, -0.15) is 0 Å². The minimum Gasteiger partial charge on any atom is -0.493 e. The topological polar surface area (TPSA) is 76.0 Å². The number of aliphatic imine (C=N–C) groups is 1. The van der Waals surface area contributed by atoms with Crippen molar-refractivity contribution in [1.29, 1.82) is 0 Å². The second kappa shape index (κ2) is 7.83. The first-order valence-corrected chi connectivity index (χ1v) is 9.37. The van der Waals surface area contributed by atoms with E-state index in [4.69, 9.17) is 14.9 Å². The Morgan fingerprint density at radius 3 is 2.88 bits per heavy atom. The lowest BCUT2D eigenvalue weighted by atomic mass is 10.0. The van der Waals surface area contributed by atoms with E-state index in [1.165, 1.54) is 12.8 Å². The van der Waals surface area contributed by atoms with Crippen molar-refractivity contribution >= 4 is 5.96 Å². The molecular weight excluding hydrogens is 328 g/mol. The van der Waals surface area contributed by atoms with E-state index in [9.17, 15) is 0 Å². The third kappa shape index (κ3) is 3.70. The Balaban J connectivity index is 1.44. The second-order valence-corrected chi connectivity index (χ2v) is 6.87. The van der Waals surface area contributed by atoms with E-state index in [2.05, 4.69) is 21.3 Å². The highest BCUT2D eigenvalue weighted by Crippen LogP contribution is 2.31. The van der Waals surface area contributed by atoms with Crippen LogP contribution in [0.4, 0.5) is 0 Å². The van der Waals surface area contributed by atoms with Gasteiger partial charge in [0.05, 0.1) is 31.5 Å². The number of nitrogens with one attached hydrogen (secondary N) is 1. The zero-order valence-electron chi connectivity index (χ0n) is 14.9. The molecule has 2 unspecified atom stereocenters. The van der Waals surface area contributed by atoms with Crippen molar-refractivity contribution in [3.8, 4) is 5.75 Å². The first-order valence-electron chi connectivity index (χ1n) is 9.37. The van der Waals surface area contributed by atoms with Crippen LogP contribution in [0, 0.1) is 0 Å². The van der Waals surface area contributed by atoms with E-state index >= 15 is 0 Å². The first-order chi connectivity index (χ1) is 12.8. The molecule has 4 rings (SSSR count). The number of para-hydroxylation sites is 1. The van der Waals surface area contributed by atoms with E-state index in [0.29, 0.717) is 19.1 Å². The molecule has 1 fully saturated rings. The molecule has 138 valence electrons. The number of ether oxygens (including phenoxy) is 1. The van der Waals surface area contributed by atoms with Crippen LogP contribution in [0.3, 0.4) is 0 Å². The van der Waals surface area contributed by atoms with Crippen LogP contribution in [0.15, 0.2) is 52.1 Å². The normalized spacial score (nSPS) is 21.8. The molecule has 2 aliphatic rings. The van der Waals surface area contributed by atoms with Crippen molar-refractivity contribution in [3.05, 3.63) is 54.0 Å². The average molecular weight is 354 g/mol. The maximum Gasteiger partial charge on any atom is 0.189 e. The highest BCUT2D eigenvalue weighted by Gasteiger charge is 2.26. The Labute approximate surface area is 154 Å². The number of rotatable bonds is 5. The second-order valence-electron chi connectivity index (χ2n) is 6.87. The summed E-state index contributed by atoms with van der Waals surface area (Å²) in [6.07, 6.45) is 5.06. The lowest BCUT2D eigenvalue weighted by molar-refractivity contribution is 0.221. The Morgan fingerprint density at radius 2 is 2.08 bits per heavy atom. The van der Waals surface area contributed by atoms with Crippen molar-refractivity contribution in [2.24, 2.45) is 10.7 Å². The highest BCUT2D eigenvalue weighted by atomic mass is 16.5. The number of guanidine groups is 1. The maximum atomic E-state index is 6.21. The number of hydrogen-bond acceptors (Lipinski definition) is 4. The summed E-state index contributed by atoms with van der Waals surface area (Å²) >= 11 is 0. The van der Waals surface area contributed by atoms with Gasteiger partial charge in [0.25, 0.3) is 0 Å². The fourth-order valence-corrected chi connectivity index (χ4v) is 3.82. The van der Waals surface area contributed by atoms with Gasteiger partial charge < -0.3 is 20.2 Å². The zero-order chi connectivity index (χ0) is 17.8. The minimum absolute atomic E-state index is 0.137. The van der Waals surface area contributed by atoms with Gasteiger partial charge in [-0.15, -0.1) is 0 Å². The monoisotopic (exact) mass is 354 g/mol. The molecule has 2 aliphatic heterocycles. The minimum atomic E-state index is 0.137. The van der Waals surface area contributed by atoms with Crippen LogP contribution < -0.4 is 15.8 Å². The molecule has 1 saturated heterocycles. The molecule has 0 aliphatic carbocycles. The third-order valence-corrected chi connectivity index (χ3v) is 5.17. The van der Waals surface area contributed by atoms with Gasteiger partial charge in [0.15, 0.2) is 5.96 Å². The van der Waals surface area contributed by atoms with E-state index in [1.807, 2.05) is 30.3 Å². The van der Waals surface area contributed by atoms with Crippen LogP contribution in [0.5, 0.6) is 5.75 Å². The van der Waals surface area contributed by atoms with Gasteiger partial charge in [0.2, 0.25) is 0 Å². The van der Waals surface area contributed by atoms with Crippen molar-refractivity contribution in [2.75, 3.05) is 26.2 Å². The van der Waals surface area contributed by atoms with Crippen molar-refractivity contribution in [2.45, 2.75) is 31.3 Å². The fraction of sp³-hybridized carbons (Fsp3) is 0.450. The number of hydrogen-bond donors (Lipinski definition) is 2. The molecule has 1 aromatic carbocycles. The predicted molar refractivity (Wildman–Crippen MR) is 101 cm³/mol. The molecule has 6 heteroatoms. The first kappa shape index (κ1) is 17.0. The van der Waals surface area contributed by atoms with Gasteiger partial charge in [-0.1, -0.05) is 18.2 Å². The summed E-state index contributed by atoms with van der Waals surface area (Å²) in [6, 6.07) is 12.3. The predicted octanol–water partition coefficient (Wildman–Crippen LogP) is 2.84. The van der Waals surface area contributed by atoms with Gasteiger partial charge in [-0.3, -0.25) is 9.89 Å². The largest absolute Gasteiger partial charge is 0.493 e. The van der Waals surface area contributed by atoms with Gasteiger partial charge in [0.1, 0.15) is 11.5 Å². The molecule has 26 heavy (non-hydrogen) atoms. The molecule has 1 aromatic heterocycles. The van der Waals surface area contributed by atoms with Crippen molar-refractivity contribution in [1.82, 2.24) is 10.2 Å². The number of nitrogens with two attached hydrogens (primary N) is 1. The van der Waals surface area contributed by atoms with Crippen LogP contribution in [0.25, 0.3) is 0 Å². The Kier molecular flexibility index (Phi) is 5.11. The molecule has 6 nitrogen and oxygen atoms in total. The summed E-state index contributed by atoms with van der Waals surface area (Å²) in [5, 5.41) is 3.36. The number of benzene rings is 1. The van der Waals surface area contributed by atoms with E-state index in [-0.39, 0.29) is 12.1 Å². The van der Waals surface area contributed by atoms with Gasteiger partial charge >= 0.3 is 0 Å².